The zero-order valence-electron chi connectivity index (χ0n) is 21.6. The van der Waals surface area contributed by atoms with Gasteiger partial charge in [-0.25, -0.2) is 0 Å². The van der Waals surface area contributed by atoms with Crippen LogP contribution in [0.15, 0.2) is 0 Å². The summed E-state index contributed by atoms with van der Waals surface area (Å²) in [6, 6.07) is 0. The van der Waals surface area contributed by atoms with Crippen LogP contribution in [0, 0.1) is 21.7 Å². The minimum Gasteiger partial charge on any atom is -0.469 e. The monoisotopic (exact) mass is 443 g/mol. The van der Waals surface area contributed by atoms with Gasteiger partial charge in [0.2, 0.25) is 0 Å². The molecule has 0 aliphatic rings. The molecule has 182 valence electrons. The number of likely N-dealkylation sites (N-methyl/N-ethyl adjacent to an activating group) is 1. The first kappa shape index (κ1) is 29.4. The van der Waals surface area contributed by atoms with Gasteiger partial charge in [-0.1, -0.05) is 27.7 Å². The fourth-order valence-electron chi connectivity index (χ4n) is 4.64. The summed E-state index contributed by atoms with van der Waals surface area (Å²) in [6.07, 6.45) is 1.43. The summed E-state index contributed by atoms with van der Waals surface area (Å²) in [5.74, 6) is -1.16. The predicted octanol–water partition coefficient (Wildman–Crippen LogP) is 4.08. The predicted molar refractivity (Wildman–Crippen MR) is 121 cm³/mol. The lowest BCUT2D eigenvalue weighted by Gasteiger charge is -2.42. The Hall–Kier alpha value is -1.63. The molecule has 0 amide bonds. The van der Waals surface area contributed by atoms with E-state index >= 15 is 0 Å². The SMILES string of the molecule is CCC(C)(CC(C)(CC(C)(CC(C)(C)C)C(=O)OCCN(C)C)C(=O)OC)C(=O)OC. The smallest absolute Gasteiger partial charge is 0.311 e. The van der Waals surface area contributed by atoms with Crippen LogP contribution in [0.25, 0.3) is 0 Å². The highest BCUT2D eigenvalue weighted by atomic mass is 16.5. The maximum atomic E-state index is 13.3. The Morgan fingerprint density at radius 1 is 0.710 bits per heavy atom. The van der Waals surface area contributed by atoms with Gasteiger partial charge in [-0.2, -0.15) is 0 Å². The first-order valence-electron chi connectivity index (χ1n) is 11.0. The second-order valence-electron chi connectivity index (χ2n) is 11.0. The molecule has 7 nitrogen and oxygen atoms in total. The molecule has 3 atom stereocenters. The summed E-state index contributed by atoms with van der Waals surface area (Å²) in [7, 11) is 6.50. The highest BCUT2D eigenvalue weighted by Crippen LogP contribution is 2.49. The van der Waals surface area contributed by atoms with Crippen molar-refractivity contribution in [3.05, 3.63) is 0 Å². The summed E-state index contributed by atoms with van der Waals surface area (Å²) < 4.78 is 15.8. The molecule has 0 heterocycles. The lowest BCUT2D eigenvalue weighted by Crippen LogP contribution is -2.46. The number of methoxy groups -OCH3 is 2. The molecule has 0 saturated heterocycles. The Morgan fingerprint density at radius 2 is 1.13 bits per heavy atom. The van der Waals surface area contributed by atoms with Gasteiger partial charge in [-0.3, -0.25) is 14.4 Å². The number of hydrogen-bond donors (Lipinski definition) is 0. The van der Waals surface area contributed by atoms with Crippen molar-refractivity contribution in [1.82, 2.24) is 4.90 Å². The molecule has 7 heteroatoms. The normalized spacial score (nSPS) is 17.8. The van der Waals surface area contributed by atoms with Crippen LogP contribution < -0.4 is 0 Å². The second-order valence-corrected chi connectivity index (χ2v) is 11.0. The van der Waals surface area contributed by atoms with E-state index in [2.05, 4.69) is 20.8 Å². The minimum absolute atomic E-state index is 0.178. The average Bonchev–Trinajstić information content (AvgIpc) is 2.64. The first-order chi connectivity index (χ1) is 14.0. The van der Waals surface area contributed by atoms with Crippen molar-refractivity contribution < 1.29 is 28.6 Å². The van der Waals surface area contributed by atoms with Crippen molar-refractivity contribution in [2.75, 3.05) is 41.5 Å². The van der Waals surface area contributed by atoms with E-state index in [1.54, 1.807) is 13.8 Å². The van der Waals surface area contributed by atoms with Gasteiger partial charge in [0, 0.05) is 6.54 Å². The maximum absolute atomic E-state index is 13.3. The van der Waals surface area contributed by atoms with Gasteiger partial charge in [-0.15, -0.1) is 0 Å². The van der Waals surface area contributed by atoms with Crippen LogP contribution in [-0.4, -0.2) is 64.3 Å². The molecule has 0 aromatic rings. The zero-order chi connectivity index (χ0) is 24.7. The van der Waals surface area contributed by atoms with Gasteiger partial charge in [0.05, 0.1) is 30.5 Å². The van der Waals surface area contributed by atoms with Gasteiger partial charge in [0.1, 0.15) is 6.61 Å². The number of esters is 3. The van der Waals surface area contributed by atoms with Gasteiger partial charge in [0.15, 0.2) is 0 Å². The lowest BCUT2D eigenvalue weighted by molar-refractivity contribution is -0.168. The molecule has 0 bridgehead atoms. The summed E-state index contributed by atoms with van der Waals surface area (Å²) in [5.41, 5.74) is -3.07. The van der Waals surface area contributed by atoms with Crippen LogP contribution in [0.2, 0.25) is 0 Å². The molecule has 0 spiro atoms. The van der Waals surface area contributed by atoms with E-state index in [1.807, 2.05) is 32.8 Å². The molecule has 0 rings (SSSR count). The molecule has 0 aliphatic heterocycles. The average molecular weight is 444 g/mol. The number of rotatable bonds is 12. The summed E-state index contributed by atoms with van der Waals surface area (Å²) in [5, 5.41) is 0. The Balaban J connectivity index is 6.13. The largest absolute Gasteiger partial charge is 0.469 e. The van der Waals surface area contributed by atoms with Crippen molar-refractivity contribution in [3.63, 3.8) is 0 Å². The van der Waals surface area contributed by atoms with Crippen LogP contribution in [0.1, 0.15) is 74.1 Å². The summed E-state index contributed by atoms with van der Waals surface area (Å²) in [6.45, 7) is 14.3. The number of carbonyl (C=O) groups is 3. The Bertz CT molecular complexity index is 626. The van der Waals surface area contributed by atoms with E-state index in [4.69, 9.17) is 14.2 Å². The summed E-state index contributed by atoms with van der Waals surface area (Å²) >= 11 is 0. The maximum Gasteiger partial charge on any atom is 0.311 e. The Kier molecular flexibility index (Phi) is 10.7. The molecular formula is C24H45NO6. The third-order valence-electron chi connectivity index (χ3n) is 5.88. The number of nitrogens with zero attached hydrogens (tertiary/aromatic N) is 1. The highest BCUT2D eigenvalue weighted by Gasteiger charge is 2.51. The first-order valence-corrected chi connectivity index (χ1v) is 11.0. The van der Waals surface area contributed by atoms with Crippen molar-refractivity contribution >= 4 is 17.9 Å². The number of carbonyl (C=O) groups excluding carboxylic acids is 3. The molecule has 3 unspecified atom stereocenters. The summed E-state index contributed by atoms with van der Waals surface area (Å²) in [4.78, 5) is 40.7. The molecule has 0 aromatic heterocycles. The van der Waals surface area contributed by atoms with Crippen molar-refractivity contribution in [1.29, 1.82) is 0 Å². The number of hydrogen-bond acceptors (Lipinski definition) is 7. The fourth-order valence-corrected chi connectivity index (χ4v) is 4.64. The molecular weight excluding hydrogens is 398 g/mol. The Labute approximate surface area is 189 Å². The standard InChI is InChI=1S/C24H45NO6/c1-12-22(5,18(26)29-10)16-24(7,19(27)30-11)17-23(6,15-21(2,3)4)20(28)31-14-13-25(8)9/h12-17H2,1-11H3. The molecule has 0 saturated carbocycles. The van der Waals surface area contributed by atoms with E-state index in [1.165, 1.54) is 14.2 Å². The van der Waals surface area contributed by atoms with Crippen LogP contribution in [-0.2, 0) is 28.6 Å². The number of ether oxygens (including phenoxy) is 3. The van der Waals surface area contributed by atoms with E-state index in [9.17, 15) is 14.4 Å². The molecule has 0 aliphatic carbocycles. The van der Waals surface area contributed by atoms with E-state index in [-0.39, 0.29) is 36.8 Å². The molecule has 31 heavy (non-hydrogen) atoms. The van der Waals surface area contributed by atoms with Gasteiger partial charge >= 0.3 is 17.9 Å². The van der Waals surface area contributed by atoms with Crippen molar-refractivity contribution in [2.45, 2.75) is 74.1 Å². The molecule has 0 fully saturated rings. The Morgan fingerprint density at radius 3 is 1.52 bits per heavy atom. The molecule has 0 aromatic carbocycles. The molecule has 0 radical (unpaired) electrons. The quantitative estimate of drug-likeness (QED) is 0.332. The third-order valence-corrected chi connectivity index (χ3v) is 5.88. The van der Waals surface area contributed by atoms with Gasteiger partial charge < -0.3 is 19.1 Å². The zero-order valence-corrected chi connectivity index (χ0v) is 21.6. The topological polar surface area (TPSA) is 82.1 Å². The van der Waals surface area contributed by atoms with Crippen molar-refractivity contribution in [3.8, 4) is 0 Å². The van der Waals surface area contributed by atoms with Crippen LogP contribution in [0.4, 0.5) is 0 Å². The fraction of sp³-hybridized carbons (Fsp3) is 0.875. The van der Waals surface area contributed by atoms with Crippen molar-refractivity contribution in [2.24, 2.45) is 21.7 Å². The minimum atomic E-state index is -1.08. The van der Waals surface area contributed by atoms with E-state index < -0.39 is 22.2 Å². The lowest BCUT2D eigenvalue weighted by atomic mass is 9.61. The van der Waals surface area contributed by atoms with E-state index in [0.29, 0.717) is 19.4 Å². The van der Waals surface area contributed by atoms with Crippen LogP contribution in [0.5, 0.6) is 0 Å². The van der Waals surface area contributed by atoms with Crippen LogP contribution in [0.3, 0.4) is 0 Å². The van der Waals surface area contributed by atoms with Crippen LogP contribution >= 0.6 is 0 Å². The van der Waals surface area contributed by atoms with Gasteiger partial charge in [0.25, 0.3) is 0 Å². The molecule has 0 N–H and O–H groups in total. The second kappa shape index (κ2) is 11.3. The van der Waals surface area contributed by atoms with E-state index in [0.717, 1.165) is 0 Å². The van der Waals surface area contributed by atoms with Gasteiger partial charge in [-0.05, 0) is 66.0 Å². The highest BCUT2D eigenvalue weighted by molar-refractivity contribution is 5.82. The third kappa shape index (κ3) is 8.79.